The summed E-state index contributed by atoms with van der Waals surface area (Å²) >= 11 is 0. The fourth-order valence-electron chi connectivity index (χ4n) is 15.0. The van der Waals surface area contributed by atoms with Crippen LogP contribution in [0.15, 0.2) is 91.6 Å². The van der Waals surface area contributed by atoms with Gasteiger partial charge in [-0.25, -0.2) is 72.4 Å². The van der Waals surface area contributed by atoms with Crippen molar-refractivity contribution >= 4 is 57.3 Å². The van der Waals surface area contributed by atoms with Crippen molar-refractivity contribution in [1.82, 2.24) is 123 Å². The minimum Gasteiger partial charge on any atom is -0.488 e. The van der Waals surface area contributed by atoms with Crippen molar-refractivity contribution < 1.29 is 23.7 Å². The highest BCUT2D eigenvalue weighted by Crippen LogP contribution is 2.36. The third kappa shape index (κ3) is 19.2. The minimum absolute atomic E-state index is 0.107. The Bertz CT molecular complexity index is 6240. The number of nitrogens with one attached hydrogen (secondary N) is 3. The molecule has 3 unspecified atom stereocenters. The van der Waals surface area contributed by atoms with Crippen LogP contribution in [0, 0.1) is 69.2 Å². The predicted octanol–water partition coefficient (Wildman–Crippen LogP) is 11.8. The first-order valence-electron chi connectivity index (χ1n) is 43.0. The smallest absolute Gasteiger partial charge is 0.177 e. The summed E-state index contributed by atoms with van der Waals surface area (Å²) in [5.41, 5.74) is 18.5. The van der Waals surface area contributed by atoms with Crippen LogP contribution in [-0.4, -0.2) is 200 Å². The van der Waals surface area contributed by atoms with E-state index in [9.17, 15) is 0 Å². The molecular weight excluding hydrogens is 1580 g/mol. The normalized spacial score (nSPS) is 16.4. The van der Waals surface area contributed by atoms with Crippen LogP contribution in [0.3, 0.4) is 0 Å². The van der Waals surface area contributed by atoms with E-state index in [4.69, 9.17) is 43.6 Å². The van der Waals surface area contributed by atoms with E-state index in [2.05, 4.69) is 162 Å². The van der Waals surface area contributed by atoms with Gasteiger partial charge in [-0.1, -0.05) is 13.8 Å². The molecule has 0 spiro atoms. The highest BCUT2D eigenvalue weighted by atomic mass is 16.5. The van der Waals surface area contributed by atoms with Crippen molar-refractivity contribution in [3.8, 4) is 28.7 Å². The van der Waals surface area contributed by atoms with Crippen molar-refractivity contribution in [2.45, 2.75) is 218 Å². The Balaban J connectivity index is 0.000000115. The summed E-state index contributed by atoms with van der Waals surface area (Å²) < 4.78 is 38.1. The number of ether oxygens (including phenoxy) is 5. The summed E-state index contributed by atoms with van der Waals surface area (Å²) in [6.07, 6.45) is 18.8. The Morgan fingerprint density at radius 1 is 0.344 bits per heavy atom. The van der Waals surface area contributed by atoms with Gasteiger partial charge in [0, 0.05) is 106 Å². The van der Waals surface area contributed by atoms with Gasteiger partial charge in [-0.15, -0.1) is 0 Å². The molecule has 0 aromatic carbocycles. The van der Waals surface area contributed by atoms with Crippen molar-refractivity contribution in [2.24, 2.45) is 0 Å². The standard InChI is InChI=1S/C19H24N6O.3C18H22N6O.C17H20N6O/c1-5-15-11-26-16-8-6-14(21-19(16)24(15)4)7-9-17-22-18-13(3)20-10-12(2)25(18)23-17;1-11-9-19-12(2)17-21-15(23-24(11)17)8-6-13-5-7-14-16(20-13)22-18(3,4)10-25-14;1-11-9-19-13(3)17-21-16(22-24(11)17)8-6-14-5-7-15-18(20-14)23(4)12(2)10-25-15;1-4-13-10-25-15-7-5-14(21-17(15)20-13)6-8-16-22-18-12(3)19-9-11(2)24(18)23-16;1-10-9-24-14-6-4-13(20-16(14)19-10)5-7-15-21-17-12(3)18-8-11(2)23(17)22-15/h6,8,10,15H,5,7,9,11H2,1-4H3;5,7,9H,6,8,10H2,1-4H3,(H,20,22);5,7,9,12H,6,8,10H2,1-4H3;5,7,9,13H,4,6,8,10H2,1-3H3,(H,20,21);4,6,8,10H,5,7,9H2,1-3H3,(H,19,20)/t;;;;10-/m....1/s1. The minimum atomic E-state index is -0.107. The number of pyridine rings is 5. The van der Waals surface area contributed by atoms with Gasteiger partial charge in [0.25, 0.3) is 0 Å². The van der Waals surface area contributed by atoms with E-state index < -0.39 is 0 Å². The lowest BCUT2D eigenvalue weighted by Crippen LogP contribution is -2.41. The fraction of sp³-hybridized carbons (Fsp3) is 0.444. The van der Waals surface area contributed by atoms with Gasteiger partial charge in [0.05, 0.1) is 86.6 Å². The first kappa shape index (κ1) is 85.1. The van der Waals surface area contributed by atoms with Crippen molar-refractivity contribution in [3.63, 3.8) is 0 Å². The van der Waals surface area contributed by atoms with Crippen LogP contribution in [0.4, 0.5) is 29.1 Å². The predicted molar refractivity (Wildman–Crippen MR) is 476 cm³/mol. The molecule has 0 saturated heterocycles. The van der Waals surface area contributed by atoms with E-state index in [0.29, 0.717) is 44.6 Å². The number of fused-ring (bicyclic) bond motifs is 10. The maximum Gasteiger partial charge on any atom is 0.177 e. The molecule has 35 nitrogen and oxygen atoms in total. The molecule has 35 heteroatoms. The second-order valence-corrected chi connectivity index (χ2v) is 33.4. The van der Waals surface area contributed by atoms with Gasteiger partial charge in [0.15, 0.2) is 115 Å². The Morgan fingerprint density at radius 3 is 1.03 bits per heavy atom. The molecule has 0 bridgehead atoms. The van der Waals surface area contributed by atoms with Crippen LogP contribution in [-0.2, 0) is 64.2 Å². The van der Waals surface area contributed by atoms with Gasteiger partial charge in [0.2, 0.25) is 0 Å². The monoisotopic (exact) mass is 1690 g/mol. The van der Waals surface area contributed by atoms with E-state index in [0.717, 1.165) is 284 Å². The van der Waals surface area contributed by atoms with Crippen LogP contribution >= 0.6 is 0 Å². The number of rotatable bonds is 17. The van der Waals surface area contributed by atoms with Gasteiger partial charge in [-0.2, -0.15) is 25.5 Å². The molecule has 4 atom stereocenters. The summed E-state index contributed by atoms with van der Waals surface area (Å²) in [4.78, 5) is 72.9. The van der Waals surface area contributed by atoms with Gasteiger partial charge in [-0.3, -0.25) is 24.9 Å². The number of aromatic nitrogens is 25. The van der Waals surface area contributed by atoms with Gasteiger partial charge < -0.3 is 49.4 Å². The first-order valence-corrected chi connectivity index (χ1v) is 43.0. The Morgan fingerprint density at radius 2 is 0.664 bits per heavy atom. The quantitative estimate of drug-likeness (QED) is 0.0762. The topological polar surface area (TPSA) is 369 Å². The fourth-order valence-corrected chi connectivity index (χ4v) is 15.0. The number of aryl methyl sites for hydroxylation is 20. The Kier molecular flexibility index (Phi) is 24.8. The van der Waals surface area contributed by atoms with E-state index >= 15 is 0 Å². The second-order valence-electron chi connectivity index (χ2n) is 33.4. The molecule has 20 rings (SSSR count). The second kappa shape index (κ2) is 36.5. The highest BCUT2D eigenvalue weighted by molar-refractivity contribution is 5.59. The molecule has 0 radical (unpaired) electrons. The zero-order valence-corrected chi connectivity index (χ0v) is 74.6. The molecule has 650 valence electrons. The molecular formula is C90H110N30O5. The van der Waals surface area contributed by atoms with Crippen LogP contribution in [0.5, 0.6) is 28.7 Å². The number of likely N-dealkylation sites (N-methyl/N-ethyl adjacent to an activating group) is 2. The van der Waals surface area contributed by atoms with Crippen molar-refractivity contribution in [3.05, 3.63) is 206 Å². The molecule has 5 aliphatic heterocycles. The maximum atomic E-state index is 5.84. The lowest BCUT2D eigenvalue weighted by atomic mass is 10.1. The third-order valence-electron chi connectivity index (χ3n) is 22.8. The van der Waals surface area contributed by atoms with Crippen LogP contribution in [0.25, 0.3) is 28.2 Å². The molecule has 3 N–H and O–H groups in total. The average molecular weight is 1690 g/mol. The lowest BCUT2D eigenvalue weighted by Gasteiger charge is -2.34. The number of nitrogens with zero attached hydrogens (tertiary/aromatic N) is 27. The number of hydrogen-bond donors (Lipinski definition) is 3. The van der Waals surface area contributed by atoms with E-state index in [-0.39, 0.29) is 11.6 Å². The third-order valence-corrected chi connectivity index (χ3v) is 22.8. The van der Waals surface area contributed by atoms with Gasteiger partial charge in [0.1, 0.15) is 33.0 Å². The number of anilines is 5. The summed E-state index contributed by atoms with van der Waals surface area (Å²) in [6.45, 7) is 35.8. The Hall–Kier alpha value is -13.5. The van der Waals surface area contributed by atoms with Crippen molar-refractivity contribution in [1.29, 1.82) is 0 Å². The number of hydrogen-bond acceptors (Lipinski definition) is 30. The maximum absolute atomic E-state index is 5.84. The molecule has 15 aromatic rings. The summed E-state index contributed by atoms with van der Waals surface area (Å²) in [5.74, 6) is 12.6. The van der Waals surface area contributed by atoms with E-state index in [1.54, 1.807) is 0 Å². The van der Waals surface area contributed by atoms with Crippen molar-refractivity contribution in [2.75, 3.05) is 72.9 Å². The average Bonchev–Trinajstić information content (AvgIpc) is 1.68. The Labute approximate surface area is 725 Å². The zero-order chi connectivity index (χ0) is 87.5. The molecule has 20 heterocycles. The summed E-state index contributed by atoms with van der Waals surface area (Å²) in [5, 5.41) is 33.2. The highest BCUT2D eigenvalue weighted by Gasteiger charge is 2.30. The first-order chi connectivity index (χ1) is 60.2. The molecule has 0 aliphatic carbocycles. The SMILES string of the molecule is CCC1COc2ccc(CCc3nc4c(C)ncc(C)n4n3)nc2N1.CCC1COc2ccc(CCc3nc4c(C)ncc(C)n4n3)nc2N1C.Cc1ncc(C)n2nc(CCc3ccc4c(n3)N(C)C(C)CO4)nc12.Cc1ncc(C)n2nc(CCc3ccc4c(n3)NC(C)(C)CO4)nc12.Cc1ncc(C)n2nc(CCc3ccc4c(n3)N[C@H](C)CO4)nc12. The molecule has 0 fully saturated rings. The molecule has 125 heavy (non-hydrogen) atoms. The molecule has 5 aliphatic rings. The van der Waals surface area contributed by atoms with E-state index in [1.807, 2.05) is 183 Å². The summed E-state index contributed by atoms with van der Waals surface area (Å²) in [6, 6.07) is 21.4. The molecule has 0 amide bonds. The molecule has 15 aromatic heterocycles. The lowest BCUT2D eigenvalue weighted by molar-refractivity contribution is 0.240. The van der Waals surface area contributed by atoms with Gasteiger partial charge in [-0.05, 0) is 203 Å². The van der Waals surface area contributed by atoms with E-state index in [1.165, 1.54) is 0 Å². The van der Waals surface area contributed by atoms with Crippen LogP contribution < -0.4 is 49.4 Å². The zero-order valence-electron chi connectivity index (χ0n) is 74.6. The molecule has 0 saturated carbocycles. The van der Waals surface area contributed by atoms with Crippen LogP contribution in [0.1, 0.15) is 169 Å². The van der Waals surface area contributed by atoms with Gasteiger partial charge >= 0.3 is 0 Å². The summed E-state index contributed by atoms with van der Waals surface area (Å²) in [7, 11) is 4.15. The van der Waals surface area contributed by atoms with Crippen LogP contribution in [0.2, 0.25) is 0 Å². The largest absolute Gasteiger partial charge is 0.488 e.